The minimum Gasteiger partial charge on any atom is -0.207 e. The van der Waals surface area contributed by atoms with Crippen molar-refractivity contribution in [3.05, 3.63) is 29.3 Å². The van der Waals surface area contributed by atoms with Gasteiger partial charge in [-0.3, -0.25) is 0 Å². The van der Waals surface area contributed by atoms with Gasteiger partial charge in [-0.15, -0.1) is 0 Å². The second-order valence-electron chi connectivity index (χ2n) is 3.69. The number of aryl methyl sites for hydroxylation is 2. The van der Waals surface area contributed by atoms with Crippen LogP contribution in [-0.4, -0.2) is 26.3 Å². The van der Waals surface area contributed by atoms with Crippen LogP contribution in [0.5, 0.6) is 0 Å². The van der Waals surface area contributed by atoms with Gasteiger partial charge >= 0.3 is 0 Å². The number of nitriles is 1. The number of nitrogens with zero attached hydrogens (tertiary/aromatic N) is 2. The zero-order valence-electron chi connectivity index (χ0n) is 9.56. The summed E-state index contributed by atoms with van der Waals surface area (Å²) in [5.41, 5.74) is 1.71. The maximum atomic E-state index is 12.0. The van der Waals surface area contributed by atoms with Crippen LogP contribution in [0.3, 0.4) is 0 Å². The molecule has 0 fully saturated rings. The highest BCUT2D eigenvalue weighted by atomic mass is 32.2. The molecule has 0 atom stereocenters. The van der Waals surface area contributed by atoms with Crippen LogP contribution in [0, 0.1) is 25.2 Å². The Balaban J connectivity index is 3.23. The second kappa shape index (κ2) is 4.64. The maximum Gasteiger partial charge on any atom is 0.244 e. The first-order valence-corrected chi connectivity index (χ1v) is 6.24. The third kappa shape index (κ3) is 2.40. The van der Waals surface area contributed by atoms with E-state index in [9.17, 15) is 8.42 Å². The van der Waals surface area contributed by atoms with E-state index in [2.05, 4.69) is 0 Å². The molecular weight excluding hydrogens is 224 g/mol. The number of sulfonamides is 1. The van der Waals surface area contributed by atoms with E-state index < -0.39 is 10.0 Å². The van der Waals surface area contributed by atoms with Crippen molar-refractivity contribution in [2.24, 2.45) is 0 Å². The number of hydrogen-bond donors (Lipinski definition) is 0. The van der Waals surface area contributed by atoms with Gasteiger partial charge in [0.2, 0.25) is 10.0 Å². The van der Waals surface area contributed by atoms with Gasteiger partial charge in [-0.05, 0) is 25.5 Å². The molecule has 0 aliphatic carbocycles. The van der Waals surface area contributed by atoms with Crippen LogP contribution in [0.4, 0.5) is 0 Å². The molecule has 0 aliphatic rings. The molecule has 0 bridgehead atoms. The van der Waals surface area contributed by atoms with Gasteiger partial charge in [0.1, 0.15) is 6.54 Å². The molecule has 0 radical (unpaired) electrons. The topological polar surface area (TPSA) is 61.2 Å². The van der Waals surface area contributed by atoms with Crippen molar-refractivity contribution >= 4 is 10.0 Å². The van der Waals surface area contributed by atoms with Gasteiger partial charge in [0.25, 0.3) is 0 Å². The van der Waals surface area contributed by atoms with E-state index in [4.69, 9.17) is 5.26 Å². The highest BCUT2D eigenvalue weighted by molar-refractivity contribution is 7.89. The fourth-order valence-corrected chi connectivity index (χ4v) is 2.71. The van der Waals surface area contributed by atoms with Gasteiger partial charge in [-0.2, -0.15) is 9.57 Å². The monoisotopic (exact) mass is 238 g/mol. The third-order valence-electron chi connectivity index (χ3n) is 2.31. The largest absolute Gasteiger partial charge is 0.244 e. The van der Waals surface area contributed by atoms with Crippen molar-refractivity contribution in [1.82, 2.24) is 4.31 Å². The minimum atomic E-state index is -3.54. The van der Waals surface area contributed by atoms with E-state index in [0.717, 1.165) is 9.87 Å². The summed E-state index contributed by atoms with van der Waals surface area (Å²) in [6.07, 6.45) is 0. The molecule has 86 valence electrons. The van der Waals surface area contributed by atoms with Crippen molar-refractivity contribution in [2.45, 2.75) is 18.7 Å². The highest BCUT2D eigenvalue weighted by Crippen LogP contribution is 2.19. The molecule has 0 unspecified atom stereocenters. The van der Waals surface area contributed by atoms with Gasteiger partial charge < -0.3 is 0 Å². The number of hydrogen-bond acceptors (Lipinski definition) is 3. The molecule has 5 heteroatoms. The zero-order valence-corrected chi connectivity index (χ0v) is 10.4. The molecule has 0 heterocycles. The summed E-state index contributed by atoms with van der Waals surface area (Å²) in [5, 5.41) is 8.50. The Kier molecular flexibility index (Phi) is 3.68. The summed E-state index contributed by atoms with van der Waals surface area (Å²) in [6, 6.07) is 6.96. The van der Waals surface area contributed by atoms with Crippen molar-refractivity contribution < 1.29 is 8.42 Å². The summed E-state index contributed by atoms with van der Waals surface area (Å²) in [6.45, 7) is 3.51. The lowest BCUT2D eigenvalue weighted by Crippen LogP contribution is -2.27. The van der Waals surface area contributed by atoms with E-state index in [0.29, 0.717) is 5.56 Å². The van der Waals surface area contributed by atoms with E-state index in [1.54, 1.807) is 19.1 Å². The predicted octanol–water partition coefficient (Wildman–Crippen LogP) is 1.45. The first-order valence-electron chi connectivity index (χ1n) is 4.80. The molecule has 0 saturated heterocycles. The van der Waals surface area contributed by atoms with Gasteiger partial charge in [0, 0.05) is 7.05 Å². The minimum absolute atomic E-state index is 0.143. The fourth-order valence-electron chi connectivity index (χ4n) is 1.44. The Morgan fingerprint density at radius 1 is 1.38 bits per heavy atom. The second-order valence-corrected chi connectivity index (χ2v) is 5.70. The van der Waals surface area contributed by atoms with E-state index in [1.807, 2.05) is 19.1 Å². The summed E-state index contributed by atoms with van der Waals surface area (Å²) >= 11 is 0. The van der Waals surface area contributed by atoms with Crippen molar-refractivity contribution in [1.29, 1.82) is 5.26 Å². The zero-order chi connectivity index (χ0) is 12.3. The lowest BCUT2D eigenvalue weighted by atomic mass is 10.2. The van der Waals surface area contributed by atoms with Crippen LogP contribution in [0.25, 0.3) is 0 Å². The lowest BCUT2D eigenvalue weighted by molar-refractivity contribution is 0.501. The Morgan fingerprint density at radius 3 is 2.50 bits per heavy atom. The molecule has 16 heavy (non-hydrogen) atoms. The third-order valence-corrected chi connectivity index (χ3v) is 4.28. The van der Waals surface area contributed by atoms with Crippen molar-refractivity contribution in [2.75, 3.05) is 13.6 Å². The molecule has 0 spiro atoms. The SMILES string of the molecule is Cc1ccc(S(=O)(=O)N(C)CC#N)c(C)c1. The average Bonchev–Trinajstić information content (AvgIpc) is 2.17. The highest BCUT2D eigenvalue weighted by Gasteiger charge is 2.22. The molecule has 0 amide bonds. The number of benzene rings is 1. The van der Waals surface area contributed by atoms with Crippen LogP contribution < -0.4 is 0 Å². The molecule has 1 aromatic rings. The van der Waals surface area contributed by atoms with Crippen molar-refractivity contribution in [3.63, 3.8) is 0 Å². The van der Waals surface area contributed by atoms with Crippen molar-refractivity contribution in [3.8, 4) is 6.07 Å². The average molecular weight is 238 g/mol. The standard InChI is InChI=1S/C11H14N2O2S/c1-9-4-5-11(10(2)8-9)16(14,15)13(3)7-6-12/h4-5,8H,7H2,1-3H3. The maximum absolute atomic E-state index is 12.0. The van der Waals surface area contributed by atoms with Gasteiger partial charge in [0.15, 0.2) is 0 Å². The molecule has 0 aromatic heterocycles. The Bertz CT molecular complexity index is 529. The summed E-state index contributed by atoms with van der Waals surface area (Å²) in [7, 11) is -2.14. The molecule has 4 nitrogen and oxygen atoms in total. The van der Waals surface area contributed by atoms with Crippen LogP contribution in [0.1, 0.15) is 11.1 Å². The molecule has 1 rings (SSSR count). The van der Waals surface area contributed by atoms with Crippen LogP contribution in [0.2, 0.25) is 0 Å². The smallest absolute Gasteiger partial charge is 0.207 e. The number of rotatable bonds is 3. The lowest BCUT2D eigenvalue weighted by Gasteiger charge is -2.15. The fraction of sp³-hybridized carbons (Fsp3) is 0.364. The summed E-state index contributed by atoms with van der Waals surface area (Å²) < 4.78 is 25.1. The first kappa shape index (κ1) is 12.7. The van der Waals surface area contributed by atoms with Gasteiger partial charge in [-0.1, -0.05) is 17.7 Å². The Labute approximate surface area is 96.2 Å². The molecular formula is C11H14N2O2S. The van der Waals surface area contributed by atoms with Crippen LogP contribution in [0.15, 0.2) is 23.1 Å². The first-order chi connectivity index (χ1) is 7.39. The van der Waals surface area contributed by atoms with Crippen LogP contribution in [-0.2, 0) is 10.0 Å². The molecule has 1 aromatic carbocycles. The molecule has 0 N–H and O–H groups in total. The Hall–Kier alpha value is -1.38. The van der Waals surface area contributed by atoms with Crippen LogP contribution >= 0.6 is 0 Å². The van der Waals surface area contributed by atoms with E-state index >= 15 is 0 Å². The van der Waals surface area contributed by atoms with E-state index in [1.165, 1.54) is 7.05 Å². The molecule has 0 aliphatic heterocycles. The normalized spacial score (nSPS) is 11.4. The quantitative estimate of drug-likeness (QED) is 0.749. The van der Waals surface area contributed by atoms with E-state index in [-0.39, 0.29) is 11.4 Å². The molecule has 0 saturated carbocycles. The predicted molar refractivity (Wildman–Crippen MR) is 61.3 cm³/mol. The Morgan fingerprint density at radius 2 is 2.00 bits per heavy atom. The summed E-state index contributed by atoms with van der Waals surface area (Å²) in [4.78, 5) is 0.260. The van der Waals surface area contributed by atoms with Gasteiger partial charge in [-0.25, -0.2) is 8.42 Å². The summed E-state index contributed by atoms with van der Waals surface area (Å²) in [5.74, 6) is 0. The van der Waals surface area contributed by atoms with Gasteiger partial charge in [0.05, 0.1) is 11.0 Å².